The second-order valence-electron chi connectivity index (χ2n) is 7.37. The molecule has 0 N–H and O–H groups in total. The van der Waals surface area contributed by atoms with Gasteiger partial charge in [-0.15, -0.1) is 0 Å². The molecule has 0 aromatic heterocycles. The molecule has 144 valence electrons. The third-order valence-corrected chi connectivity index (χ3v) is 6.59. The lowest BCUT2D eigenvalue weighted by Gasteiger charge is -2.41. The van der Waals surface area contributed by atoms with Crippen molar-refractivity contribution < 1.29 is 17.9 Å². The summed E-state index contributed by atoms with van der Waals surface area (Å²) in [5.74, 6) is 0.590. The van der Waals surface area contributed by atoms with Gasteiger partial charge in [-0.05, 0) is 42.2 Å². The molecule has 6 heteroatoms. The van der Waals surface area contributed by atoms with E-state index in [9.17, 15) is 8.42 Å². The number of sulfone groups is 1. The Hall–Kier alpha value is -1.89. The minimum Gasteiger partial charge on any atom is -0.492 e. The van der Waals surface area contributed by atoms with Gasteiger partial charge in [-0.25, -0.2) is 8.42 Å². The van der Waals surface area contributed by atoms with Crippen LogP contribution in [0.25, 0.3) is 0 Å². The fourth-order valence-corrected chi connectivity index (χ4v) is 4.76. The highest BCUT2D eigenvalue weighted by Crippen LogP contribution is 2.42. The molecular formula is C21H25NO4S. The number of hydrogen-bond donors (Lipinski definition) is 0. The zero-order valence-electron chi connectivity index (χ0n) is 15.6. The average Bonchev–Trinajstić information content (AvgIpc) is 3.00. The first-order chi connectivity index (χ1) is 13.0. The zero-order valence-corrected chi connectivity index (χ0v) is 16.4. The van der Waals surface area contributed by atoms with Gasteiger partial charge in [0.2, 0.25) is 0 Å². The molecule has 27 heavy (non-hydrogen) atoms. The van der Waals surface area contributed by atoms with E-state index in [2.05, 4.69) is 29.2 Å². The largest absolute Gasteiger partial charge is 0.492 e. The Morgan fingerprint density at radius 3 is 2.89 bits per heavy atom. The molecule has 0 unspecified atom stereocenters. The molecular weight excluding hydrogens is 362 g/mol. The van der Waals surface area contributed by atoms with E-state index in [1.165, 1.54) is 17.4 Å². The predicted molar refractivity (Wildman–Crippen MR) is 104 cm³/mol. The summed E-state index contributed by atoms with van der Waals surface area (Å²) >= 11 is 0. The molecule has 5 nitrogen and oxygen atoms in total. The first-order valence-corrected chi connectivity index (χ1v) is 11.2. The SMILES string of the molecule is CS(=O)(=O)c1cccc(OCCN2CCO[C@]3(CCc4ccccc43)C2)c1. The summed E-state index contributed by atoms with van der Waals surface area (Å²) in [5, 5.41) is 0. The second kappa shape index (κ2) is 7.26. The van der Waals surface area contributed by atoms with Crippen LogP contribution in [0, 0.1) is 0 Å². The monoisotopic (exact) mass is 387 g/mol. The van der Waals surface area contributed by atoms with Crippen molar-refractivity contribution in [2.24, 2.45) is 0 Å². The summed E-state index contributed by atoms with van der Waals surface area (Å²) < 4.78 is 35.4. The normalized spacial score (nSPS) is 22.7. The highest BCUT2D eigenvalue weighted by Gasteiger charge is 2.43. The van der Waals surface area contributed by atoms with E-state index < -0.39 is 9.84 Å². The minimum absolute atomic E-state index is 0.189. The molecule has 0 saturated carbocycles. The molecule has 2 aliphatic rings. The number of ether oxygens (including phenoxy) is 2. The van der Waals surface area contributed by atoms with Gasteiger partial charge >= 0.3 is 0 Å². The lowest BCUT2D eigenvalue weighted by Crippen LogP contribution is -2.49. The molecule has 0 radical (unpaired) electrons. The van der Waals surface area contributed by atoms with Crippen LogP contribution in [0.4, 0.5) is 0 Å². The third kappa shape index (κ3) is 3.88. The molecule has 0 amide bonds. The van der Waals surface area contributed by atoms with Gasteiger partial charge < -0.3 is 9.47 Å². The number of hydrogen-bond acceptors (Lipinski definition) is 5. The van der Waals surface area contributed by atoms with Crippen LogP contribution in [0.2, 0.25) is 0 Å². The Kier molecular flexibility index (Phi) is 4.97. The second-order valence-corrected chi connectivity index (χ2v) is 9.39. The van der Waals surface area contributed by atoms with Crippen molar-refractivity contribution in [1.29, 1.82) is 0 Å². The molecule has 4 rings (SSSR count). The van der Waals surface area contributed by atoms with Gasteiger partial charge in [0.1, 0.15) is 18.0 Å². The van der Waals surface area contributed by atoms with Gasteiger partial charge in [-0.2, -0.15) is 0 Å². The number of benzene rings is 2. The smallest absolute Gasteiger partial charge is 0.175 e. The summed E-state index contributed by atoms with van der Waals surface area (Å²) in [6, 6.07) is 15.3. The van der Waals surface area contributed by atoms with E-state index in [0.29, 0.717) is 12.4 Å². The van der Waals surface area contributed by atoms with Crippen molar-refractivity contribution in [2.45, 2.75) is 23.3 Å². The molecule has 2 aromatic carbocycles. The van der Waals surface area contributed by atoms with Gasteiger partial charge in [0, 0.05) is 25.9 Å². The maximum atomic E-state index is 11.7. The highest BCUT2D eigenvalue weighted by molar-refractivity contribution is 7.90. The quantitative estimate of drug-likeness (QED) is 0.789. The Balaban J connectivity index is 1.37. The van der Waals surface area contributed by atoms with Crippen molar-refractivity contribution >= 4 is 9.84 Å². The van der Waals surface area contributed by atoms with Crippen molar-refractivity contribution in [3.8, 4) is 5.75 Å². The van der Waals surface area contributed by atoms with Gasteiger partial charge in [-0.1, -0.05) is 30.3 Å². The Morgan fingerprint density at radius 1 is 1.19 bits per heavy atom. The Morgan fingerprint density at radius 2 is 2.04 bits per heavy atom. The fraction of sp³-hybridized carbons (Fsp3) is 0.429. The van der Waals surface area contributed by atoms with Crippen LogP contribution < -0.4 is 4.74 Å². The molecule has 1 heterocycles. The van der Waals surface area contributed by atoms with Crippen molar-refractivity contribution in [3.63, 3.8) is 0 Å². The van der Waals surface area contributed by atoms with Crippen LogP contribution in [0.15, 0.2) is 53.4 Å². The number of fused-ring (bicyclic) bond motifs is 2. The summed E-state index contributed by atoms with van der Waals surface area (Å²) in [4.78, 5) is 2.67. The molecule has 1 saturated heterocycles. The van der Waals surface area contributed by atoms with Gasteiger partial charge in [-0.3, -0.25) is 4.90 Å². The standard InChI is InChI=1S/C21H25NO4S/c1-27(23,24)19-7-4-6-18(15-19)25-13-11-22-12-14-26-21(16-22)10-9-17-5-2-3-8-20(17)21/h2-8,15H,9-14,16H2,1H3/t21-/m1/s1. The van der Waals surface area contributed by atoms with Crippen molar-refractivity contribution in [1.82, 2.24) is 4.90 Å². The summed E-state index contributed by atoms with van der Waals surface area (Å²) in [7, 11) is -3.22. The molecule has 1 aliphatic carbocycles. The average molecular weight is 388 g/mol. The van der Waals surface area contributed by atoms with Crippen molar-refractivity contribution in [2.75, 3.05) is 39.1 Å². The van der Waals surface area contributed by atoms with Gasteiger partial charge in [0.25, 0.3) is 0 Å². The number of nitrogens with zero attached hydrogens (tertiary/aromatic N) is 1. The van der Waals surface area contributed by atoms with E-state index in [1.54, 1.807) is 24.3 Å². The molecule has 1 atom stereocenters. The molecule has 2 aromatic rings. The van der Waals surface area contributed by atoms with Gasteiger partial charge in [0.15, 0.2) is 9.84 Å². The van der Waals surface area contributed by atoms with Crippen LogP contribution in [0.3, 0.4) is 0 Å². The van der Waals surface area contributed by atoms with E-state index in [1.807, 2.05) is 0 Å². The summed E-state index contributed by atoms with van der Waals surface area (Å²) in [6.07, 6.45) is 3.30. The van der Waals surface area contributed by atoms with Crippen LogP contribution >= 0.6 is 0 Å². The highest BCUT2D eigenvalue weighted by atomic mass is 32.2. The van der Waals surface area contributed by atoms with E-state index >= 15 is 0 Å². The van der Waals surface area contributed by atoms with E-state index in [-0.39, 0.29) is 10.5 Å². The lowest BCUT2D eigenvalue weighted by molar-refractivity contribution is -0.114. The number of aryl methyl sites for hydroxylation is 1. The van der Waals surface area contributed by atoms with Crippen LogP contribution in [0.1, 0.15) is 17.5 Å². The number of morpholine rings is 1. The summed E-state index contributed by atoms with van der Waals surface area (Å²) in [5.41, 5.74) is 2.54. The van der Waals surface area contributed by atoms with E-state index in [4.69, 9.17) is 9.47 Å². The predicted octanol–water partition coefficient (Wildman–Crippen LogP) is 2.64. The molecule has 1 spiro atoms. The fourth-order valence-electron chi connectivity index (χ4n) is 4.10. The lowest BCUT2D eigenvalue weighted by atomic mass is 9.93. The topological polar surface area (TPSA) is 55.8 Å². The Bertz CT molecular complexity index is 923. The molecule has 1 aliphatic heterocycles. The van der Waals surface area contributed by atoms with Gasteiger partial charge in [0.05, 0.1) is 11.5 Å². The Labute approximate surface area is 160 Å². The van der Waals surface area contributed by atoms with Crippen molar-refractivity contribution in [3.05, 3.63) is 59.7 Å². The van der Waals surface area contributed by atoms with Crippen LogP contribution in [-0.4, -0.2) is 52.4 Å². The minimum atomic E-state index is -3.22. The third-order valence-electron chi connectivity index (χ3n) is 5.48. The maximum Gasteiger partial charge on any atom is 0.175 e. The number of rotatable bonds is 5. The van der Waals surface area contributed by atoms with Crippen LogP contribution in [0.5, 0.6) is 5.75 Å². The van der Waals surface area contributed by atoms with Crippen LogP contribution in [-0.2, 0) is 26.6 Å². The summed E-state index contributed by atoms with van der Waals surface area (Å²) in [6.45, 7) is 3.78. The zero-order chi connectivity index (χ0) is 18.9. The molecule has 1 fully saturated rings. The molecule has 0 bridgehead atoms. The first-order valence-electron chi connectivity index (χ1n) is 9.34. The maximum absolute atomic E-state index is 11.7. The first kappa shape index (κ1) is 18.5. The van der Waals surface area contributed by atoms with E-state index in [0.717, 1.165) is 39.1 Å².